The molecule has 32 heavy (non-hydrogen) atoms. The second kappa shape index (κ2) is 11.5. The van der Waals surface area contributed by atoms with Gasteiger partial charge in [0.05, 0.1) is 30.8 Å². The zero-order valence-corrected chi connectivity index (χ0v) is 19.2. The highest BCUT2D eigenvalue weighted by atomic mass is 79.9. The number of rotatable bonds is 9. The van der Waals surface area contributed by atoms with Gasteiger partial charge in [0.25, 0.3) is 0 Å². The molecule has 176 valence electrons. The maximum Gasteiger partial charge on any atom is 0.431 e. The van der Waals surface area contributed by atoms with Crippen molar-refractivity contribution in [1.29, 1.82) is 0 Å². The lowest BCUT2D eigenvalue weighted by molar-refractivity contribution is -0.140. The highest BCUT2D eigenvalue weighted by Gasteiger charge is 2.47. The minimum Gasteiger partial charge on any atom is -0.466 e. The molecule has 1 atom stereocenters. The van der Waals surface area contributed by atoms with E-state index in [9.17, 15) is 27.2 Å². The molecular weight excluding hydrogens is 498 g/mol. The monoisotopic (exact) mass is 521 g/mol. The molecule has 0 radical (unpaired) electrons. The van der Waals surface area contributed by atoms with Gasteiger partial charge in [-0.1, -0.05) is 47.0 Å². The molecule has 0 amide bonds. The van der Waals surface area contributed by atoms with E-state index in [2.05, 4.69) is 26.0 Å². The summed E-state index contributed by atoms with van der Waals surface area (Å²) in [6.45, 7) is 1.30. The third-order valence-electron chi connectivity index (χ3n) is 4.95. The number of benzene rings is 1. The molecule has 1 aromatic carbocycles. The molecule has 1 aromatic rings. The molecule has 0 aromatic heterocycles. The van der Waals surface area contributed by atoms with Crippen LogP contribution in [-0.4, -0.2) is 37.2 Å². The van der Waals surface area contributed by atoms with Gasteiger partial charge in [-0.25, -0.2) is 14.0 Å². The summed E-state index contributed by atoms with van der Waals surface area (Å²) in [5.74, 6) is -4.77. The molecule has 0 fully saturated rings. The number of ether oxygens (including phenoxy) is 2. The number of nitrogens with one attached hydrogen (secondary N) is 1. The Kier molecular flexibility index (Phi) is 9.30. The molecule has 2 rings (SSSR count). The van der Waals surface area contributed by atoms with Gasteiger partial charge in [-0.05, 0) is 25.8 Å². The third kappa shape index (κ3) is 6.11. The number of halogens is 5. The Hall–Kier alpha value is -2.36. The van der Waals surface area contributed by atoms with Crippen molar-refractivity contribution in [2.45, 2.75) is 44.7 Å². The predicted molar refractivity (Wildman–Crippen MR) is 113 cm³/mol. The van der Waals surface area contributed by atoms with Crippen molar-refractivity contribution in [2.24, 2.45) is 0 Å². The molecular formula is C22H24BrF4NO4. The lowest BCUT2D eigenvalue weighted by Gasteiger charge is -2.32. The van der Waals surface area contributed by atoms with Gasteiger partial charge in [-0.15, -0.1) is 0 Å². The first-order valence-corrected chi connectivity index (χ1v) is 11.1. The smallest absolute Gasteiger partial charge is 0.431 e. The molecule has 1 heterocycles. The van der Waals surface area contributed by atoms with Crippen LogP contribution < -0.4 is 5.32 Å². The fourth-order valence-electron chi connectivity index (χ4n) is 3.46. The Labute approximate surface area is 192 Å². The summed E-state index contributed by atoms with van der Waals surface area (Å²) < 4.78 is 65.8. The van der Waals surface area contributed by atoms with E-state index in [1.54, 1.807) is 0 Å². The summed E-state index contributed by atoms with van der Waals surface area (Å²) in [6, 6.07) is 5.03. The first kappa shape index (κ1) is 25.9. The largest absolute Gasteiger partial charge is 0.466 e. The van der Waals surface area contributed by atoms with Crippen molar-refractivity contribution in [1.82, 2.24) is 5.32 Å². The average molecular weight is 522 g/mol. The first-order chi connectivity index (χ1) is 15.1. The van der Waals surface area contributed by atoms with Crippen LogP contribution in [0.15, 0.2) is 46.8 Å². The number of hydrogen-bond donors (Lipinski definition) is 1. The number of dihydropyridines is 1. The molecule has 10 heteroatoms. The normalized spacial score (nSPS) is 16.7. The van der Waals surface area contributed by atoms with Crippen LogP contribution in [0.5, 0.6) is 0 Å². The van der Waals surface area contributed by atoms with E-state index in [4.69, 9.17) is 4.74 Å². The Bertz CT molecular complexity index is 911. The SMILES string of the molecule is COC(=O)C1=C(C(F)(F)F)NC(C)=C(C(=O)OCCCCCCBr)C1c1ccccc1F. The van der Waals surface area contributed by atoms with Crippen molar-refractivity contribution in [3.63, 3.8) is 0 Å². The molecule has 0 spiro atoms. The van der Waals surface area contributed by atoms with Crippen LogP contribution in [0.2, 0.25) is 0 Å². The Morgan fingerprint density at radius 2 is 1.72 bits per heavy atom. The van der Waals surface area contributed by atoms with Gasteiger partial charge in [0, 0.05) is 16.6 Å². The van der Waals surface area contributed by atoms with Crippen molar-refractivity contribution in [3.05, 3.63) is 58.2 Å². The fourth-order valence-corrected chi connectivity index (χ4v) is 3.86. The molecule has 1 N–H and O–H groups in total. The summed E-state index contributed by atoms with van der Waals surface area (Å²) >= 11 is 3.33. The third-order valence-corrected chi connectivity index (χ3v) is 5.51. The number of carbonyl (C=O) groups excluding carboxylic acids is 2. The van der Waals surface area contributed by atoms with E-state index >= 15 is 0 Å². The Morgan fingerprint density at radius 3 is 2.31 bits per heavy atom. The Balaban J connectivity index is 2.49. The van der Waals surface area contributed by atoms with Gasteiger partial charge in [0.2, 0.25) is 0 Å². The number of hydrogen-bond acceptors (Lipinski definition) is 5. The maximum atomic E-state index is 14.7. The van der Waals surface area contributed by atoms with Crippen molar-refractivity contribution >= 4 is 27.9 Å². The standard InChI is InChI=1S/C22H24BrF4NO4/c1-13-16(21(30)32-12-8-4-3-7-11-23)17(14-9-5-6-10-15(14)24)18(20(29)31-2)19(28-13)22(25,26)27/h5-6,9-10,17,28H,3-4,7-8,11-12H2,1-2H3. The molecule has 0 aliphatic carbocycles. The van der Waals surface area contributed by atoms with Gasteiger partial charge in [-0.2, -0.15) is 13.2 Å². The van der Waals surface area contributed by atoms with Crippen LogP contribution in [-0.2, 0) is 19.1 Å². The van der Waals surface area contributed by atoms with E-state index in [1.165, 1.54) is 25.1 Å². The van der Waals surface area contributed by atoms with Crippen LogP contribution in [0.25, 0.3) is 0 Å². The first-order valence-electron chi connectivity index (χ1n) is 9.98. The van der Waals surface area contributed by atoms with Gasteiger partial charge in [0.15, 0.2) is 0 Å². The van der Waals surface area contributed by atoms with Crippen molar-refractivity contribution in [3.8, 4) is 0 Å². The summed E-state index contributed by atoms with van der Waals surface area (Å²) in [5.41, 5.74) is -3.02. The quantitative estimate of drug-likeness (QED) is 0.207. The van der Waals surface area contributed by atoms with E-state index in [-0.39, 0.29) is 23.4 Å². The van der Waals surface area contributed by atoms with Crippen molar-refractivity contribution in [2.75, 3.05) is 19.0 Å². The highest BCUT2D eigenvalue weighted by Crippen LogP contribution is 2.44. The number of unbranched alkanes of at least 4 members (excludes halogenated alkanes) is 3. The summed E-state index contributed by atoms with van der Waals surface area (Å²) in [6.07, 6.45) is -1.72. The second-order valence-corrected chi connectivity index (χ2v) is 7.93. The molecule has 0 saturated heterocycles. The van der Waals surface area contributed by atoms with E-state index in [0.29, 0.717) is 6.42 Å². The highest BCUT2D eigenvalue weighted by molar-refractivity contribution is 9.09. The van der Waals surface area contributed by atoms with Gasteiger partial charge >= 0.3 is 18.1 Å². The topological polar surface area (TPSA) is 64.6 Å². The number of carbonyl (C=O) groups is 2. The van der Waals surface area contributed by atoms with Crippen LogP contribution in [0, 0.1) is 5.82 Å². The molecule has 0 saturated carbocycles. The number of alkyl halides is 4. The van der Waals surface area contributed by atoms with E-state index in [0.717, 1.165) is 37.8 Å². The summed E-state index contributed by atoms with van der Waals surface area (Å²) in [5, 5.41) is 2.96. The average Bonchev–Trinajstić information content (AvgIpc) is 2.74. The van der Waals surface area contributed by atoms with Crippen LogP contribution >= 0.6 is 15.9 Å². The van der Waals surface area contributed by atoms with Crippen LogP contribution in [0.4, 0.5) is 17.6 Å². The molecule has 0 bridgehead atoms. The summed E-state index contributed by atoms with van der Waals surface area (Å²) in [7, 11) is 0.915. The molecule has 1 unspecified atom stereocenters. The number of methoxy groups -OCH3 is 1. The Morgan fingerprint density at radius 1 is 1.06 bits per heavy atom. The minimum absolute atomic E-state index is 0.0469. The zero-order chi connectivity index (χ0) is 23.9. The fraction of sp³-hybridized carbons (Fsp3) is 0.455. The minimum atomic E-state index is -4.97. The predicted octanol–water partition coefficient (Wildman–Crippen LogP) is 5.27. The van der Waals surface area contributed by atoms with Gasteiger partial charge in [0.1, 0.15) is 11.5 Å². The summed E-state index contributed by atoms with van der Waals surface area (Å²) in [4.78, 5) is 25.3. The van der Waals surface area contributed by atoms with E-state index < -0.39 is 41.1 Å². The van der Waals surface area contributed by atoms with Crippen molar-refractivity contribution < 1.29 is 36.6 Å². The lowest BCUT2D eigenvalue weighted by atomic mass is 9.80. The van der Waals surface area contributed by atoms with Gasteiger partial charge < -0.3 is 14.8 Å². The van der Waals surface area contributed by atoms with Crippen LogP contribution in [0.1, 0.15) is 44.1 Å². The second-order valence-electron chi connectivity index (χ2n) is 7.14. The van der Waals surface area contributed by atoms with Gasteiger partial charge in [-0.3, -0.25) is 0 Å². The lowest BCUT2D eigenvalue weighted by Crippen LogP contribution is -2.38. The zero-order valence-electron chi connectivity index (χ0n) is 17.7. The molecule has 1 aliphatic heterocycles. The maximum absolute atomic E-state index is 14.7. The number of allylic oxidation sites excluding steroid dienone is 2. The van der Waals surface area contributed by atoms with E-state index in [1.807, 2.05) is 0 Å². The van der Waals surface area contributed by atoms with Crippen LogP contribution in [0.3, 0.4) is 0 Å². The molecule has 1 aliphatic rings. The molecule has 5 nitrogen and oxygen atoms in total. The number of esters is 2.